The van der Waals surface area contributed by atoms with Crippen molar-refractivity contribution in [3.05, 3.63) is 217 Å². The van der Waals surface area contributed by atoms with Gasteiger partial charge in [0.05, 0.1) is 0 Å². The maximum atomic E-state index is 2.42. The Morgan fingerprint density at radius 3 is 1.24 bits per heavy atom. The first kappa shape index (κ1) is 33.8. The molecule has 0 bridgehead atoms. The van der Waals surface area contributed by atoms with E-state index in [0.29, 0.717) is 0 Å². The van der Waals surface area contributed by atoms with Gasteiger partial charge in [-0.3, -0.25) is 0 Å². The molecule has 0 nitrogen and oxygen atoms in total. The van der Waals surface area contributed by atoms with Gasteiger partial charge in [-0.1, -0.05) is 214 Å². The second kappa shape index (κ2) is 12.9. The standard InChI is InChI=1S/C59H40/c1-59(2)57-44(24-13-25-53(57)56-47-18-7-5-16-45(47)46-17-6-12-23-52(46)58(56)59)39-29-33-41(34-30-39)55-50-21-10-8-19-48(50)54(49-20-9-11-22-51(49)55)40-31-26-38(27-32-40)43-35-28-37-14-3-4-15-42(37)36-43/h3-36H,1-2H3. The highest BCUT2D eigenvalue weighted by Crippen LogP contribution is 2.57. The third-order valence-electron chi connectivity index (χ3n) is 13.2. The zero-order valence-corrected chi connectivity index (χ0v) is 33.1. The fourth-order valence-electron chi connectivity index (χ4n) is 10.6. The van der Waals surface area contributed by atoms with Crippen LogP contribution in [0, 0.1) is 0 Å². The molecule has 0 saturated heterocycles. The highest BCUT2D eigenvalue weighted by molar-refractivity contribution is 6.22. The Kier molecular flexibility index (Phi) is 7.38. The predicted molar refractivity (Wildman–Crippen MR) is 253 cm³/mol. The molecule has 12 rings (SSSR count). The molecule has 0 N–H and O–H groups in total. The lowest BCUT2D eigenvalue weighted by atomic mass is 9.76. The Morgan fingerprint density at radius 2 is 0.661 bits per heavy atom. The average molecular weight is 749 g/mol. The summed E-state index contributed by atoms with van der Waals surface area (Å²) in [6, 6.07) is 76.7. The molecule has 0 heterocycles. The van der Waals surface area contributed by atoms with E-state index in [0.717, 1.165) is 0 Å². The van der Waals surface area contributed by atoms with Gasteiger partial charge >= 0.3 is 0 Å². The molecule has 0 unspecified atom stereocenters. The highest BCUT2D eigenvalue weighted by atomic mass is 14.4. The first-order valence-corrected chi connectivity index (χ1v) is 20.8. The fraction of sp³-hybridized carbons (Fsp3) is 0.0508. The lowest BCUT2D eigenvalue weighted by Gasteiger charge is -2.26. The zero-order valence-electron chi connectivity index (χ0n) is 33.1. The quantitative estimate of drug-likeness (QED) is 0.124. The van der Waals surface area contributed by atoms with Crippen molar-refractivity contribution in [2.75, 3.05) is 0 Å². The lowest BCUT2D eigenvalue weighted by Crippen LogP contribution is -2.17. The zero-order chi connectivity index (χ0) is 39.2. The smallest absolute Gasteiger partial charge is 0.0171 e. The van der Waals surface area contributed by atoms with Crippen molar-refractivity contribution in [3.8, 4) is 55.6 Å². The van der Waals surface area contributed by atoms with Gasteiger partial charge in [0, 0.05) is 5.41 Å². The largest absolute Gasteiger partial charge is 0.0616 e. The first-order valence-electron chi connectivity index (χ1n) is 20.8. The molecule has 1 aliphatic carbocycles. The minimum Gasteiger partial charge on any atom is -0.0616 e. The first-order chi connectivity index (χ1) is 29.0. The van der Waals surface area contributed by atoms with E-state index in [9.17, 15) is 0 Å². The summed E-state index contributed by atoms with van der Waals surface area (Å²) in [5.41, 5.74) is 15.4. The molecule has 0 amide bonds. The third kappa shape index (κ3) is 5.03. The Morgan fingerprint density at radius 1 is 0.254 bits per heavy atom. The Bertz CT molecular complexity index is 3430. The van der Waals surface area contributed by atoms with Crippen LogP contribution < -0.4 is 0 Å². The van der Waals surface area contributed by atoms with E-state index in [4.69, 9.17) is 0 Å². The summed E-state index contributed by atoms with van der Waals surface area (Å²) < 4.78 is 0. The van der Waals surface area contributed by atoms with Crippen molar-refractivity contribution >= 4 is 53.9 Å². The van der Waals surface area contributed by atoms with Crippen LogP contribution in [-0.4, -0.2) is 0 Å². The summed E-state index contributed by atoms with van der Waals surface area (Å²) in [7, 11) is 0. The van der Waals surface area contributed by atoms with E-state index >= 15 is 0 Å². The van der Waals surface area contributed by atoms with Crippen LogP contribution in [0.1, 0.15) is 25.0 Å². The maximum absolute atomic E-state index is 2.42. The molecule has 0 radical (unpaired) electrons. The highest BCUT2D eigenvalue weighted by Gasteiger charge is 2.40. The second-order valence-corrected chi connectivity index (χ2v) is 16.8. The van der Waals surface area contributed by atoms with E-state index < -0.39 is 0 Å². The third-order valence-corrected chi connectivity index (χ3v) is 13.2. The van der Waals surface area contributed by atoms with Crippen LogP contribution in [0.15, 0.2) is 206 Å². The van der Waals surface area contributed by atoms with Crippen molar-refractivity contribution < 1.29 is 0 Å². The van der Waals surface area contributed by atoms with Crippen molar-refractivity contribution in [1.29, 1.82) is 0 Å². The van der Waals surface area contributed by atoms with E-state index in [-0.39, 0.29) is 5.41 Å². The molecule has 276 valence electrons. The Hall–Kier alpha value is -7.28. The van der Waals surface area contributed by atoms with Gasteiger partial charge in [-0.2, -0.15) is 0 Å². The van der Waals surface area contributed by atoms with Crippen molar-refractivity contribution in [2.45, 2.75) is 19.3 Å². The van der Waals surface area contributed by atoms with Gasteiger partial charge in [0.1, 0.15) is 0 Å². The molecule has 1 aliphatic rings. The molecular formula is C59H40. The molecular weight excluding hydrogens is 709 g/mol. The minimum absolute atomic E-state index is 0.181. The molecule has 0 aromatic heterocycles. The monoisotopic (exact) mass is 748 g/mol. The Balaban J connectivity index is 0.982. The molecule has 0 heteroatoms. The van der Waals surface area contributed by atoms with E-state index in [2.05, 4.69) is 220 Å². The molecule has 0 aliphatic heterocycles. The van der Waals surface area contributed by atoms with Gasteiger partial charge in [0.15, 0.2) is 0 Å². The van der Waals surface area contributed by atoms with E-state index in [1.54, 1.807) is 0 Å². The van der Waals surface area contributed by atoms with Crippen LogP contribution in [0.2, 0.25) is 0 Å². The summed E-state index contributed by atoms with van der Waals surface area (Å²) in [5.74, 6) is 0. The van der Waals surface area contributed by atoms with Crippen molar-refractivity contribution in [2.24, 2.45) is 0 Å². The normalized spacial score (nSPS) is 13.1. The van der Waals surface area contributed by atoms with Crippen LogP contribution in [0.3, 0.4) is 0 Å². The van der Waals surface area contributed by atoms with Crippen LogP contribution in [0.4, 0.5) is 0 Å². The van der Waals surface area contributed by atoms with Gasteiger partial charge in [0.2, 0.25) is 0 Å². The van der Waals surface area contributed by atoms with E-state index in [1.165, 1.54) is 121 Å². The summed E-state index contributed by atoms with van der Waals surface area (Å²) >= 11 is 0. The van der Waals surface area contributed by atoms with Crippen molar-refractivity contribution in [3.63, 3.8) is 0 Å². The molecule has 11 aromatic rings. The van der Waals surface area contributed by atoms with Crippen LogP contribution in [0.25, 0.3) is 109 Å². The van der Waals surface area contributed by atoms with Gasteiger partial charge in [-0.15, -0.1) is 0 Å². The molecule has 59 heavy (non-hydrogen) atoms. The number of hydrogen-bond donors (Lipinski definition) is 0. The SMILES string of the molecule is CC1(C)c2c(-c3ccc(-c4c5ccccc5c(-c5ccc(-c6ccc7ccccc7c6)cc5)c5ccccc45)cc3)cccc2-c2c1c1ccccc1c1ccccc21. The van der Waals surface area contributed by atoms with Crippen LogP contribution in [-0.2, 0) is 5.41 Å². The Labute approximate surface area is 344 Å². The maximum Gasteiger partial charge on any atom is 0.0171 e. The van der Waals surface area contributed by atoms with Gasteiger partial charge in [0.25, 0.3) is 0 Å². The summed E-state index contributed by atoms with van der Waals surface area (Å²) in [6.45, 7) is 4.85. The molecule has 0 spiro atoms. The average Bonchev–Trinajstić information content (AvgIpc) is 3.55. The topological polar surface area (TPSA) is 0 Å². The number of rotatable bonds is 4. The van der Waals surface area contributed by atoms with Gasteiger partial charge in [-0.25, -0.2) is 0 Å². The summed E-state index contributed by atoms with van der Waals surface area (Å²) in [6.07, 6.45) is 0. The number of fused-ring (bicyclic) bond motifs is 11. The van der Waals surface area contributed by atoms with Gasteiger partial charge < -0.3 is 0 Å². The van der Waals surface area contributed by atoms with Crippen LogP contribution >= 0.6 is 0 Å². The fourth-order valence-corrected chi connectivity index (χ4v) is 10.6. The van der Waals surface area contributed by atoms with Crippen LogP contribution in [0.5, 0.6) is 0 Å². The minimum atomic E-state index is -0.181. The lowest BCUT2D eigenvalue weighted by molar-refractivity contribution is 0.668. The van der Waals surface area contributed by atoms with Crippen molar-refractivity contribution in [1.82, 2.24) is 0 Å². The van der Waals surface area contributed by atoms with Gasteiger partial charge in [-0.05, 0) is 127 Å². The number of benzene rings is 11. The molecule has 0 fully saturated rings. The number of hydrogen-bond acceptors (Lipinski definition) is 0. The molecule has 0 saturated carbocycles. The van der Waals surface area contributed by atoms with E-state index in [1.807, 2.05) is 0 Å². The molecule has 0 atom stereocenters. The molecule has 11 aromatic carbocycles. The second-order valence-electron chi connectivity index (χ2n) is 16.8. The summed E-state index contributed by atoms with van der Waals surface area (Å²) in [4.78, 5) is 0. The summed E-state index contributed by atoms with van der Waals surface area (Å²) in [5, 5.41) is 12.9. The predicted octanol–water partition coefficient (Wildman–Crippen LogP) is 16.4.